The lowest BCUT2D eigenvalue weighted by molar-refractivity contribution is 0.415. The summed E-state index contributed by atoms with van der Waals surface area (Å²) < 4.78 is 6.57. The fraction of sp³-hybridized carbons (Fsp3) is 0.111. The number of nitrogens with one attached hydrogen (secondary N) is 1. The Labute approximate surface area is 163 Å². The zero-order chi connectivity index (χ0) is 18.8. The largest absolute Gasteiger partial charge is 0.497 e. The van der Waals surface area contributed by atoms with Gasteiger partial charge < -0.3 is 4.74 Å². The number of fused-ring (bicyclic) bond motifs is 1. The third-order valence-electron chi connectivity index (χ3n) is 3.85. The summed E-state index contributed by atoms with van der Waals surface area (Å²) in [5, 5.41) is 8.20. The number of nitrogens with zero attached hydrogens (tertiary/aromatic N) is 4. The second kappa shape index (κ2) is 7.42. The second-order valence-corrected chi connectivity index (χ2v) is 7.02. The van der Waals surface area contributed by atoms with E-state index in [4.69, 9.17) is 16.3 Å². The molecule has 0 fully saturated rings. The molecule has 3 aromatic heterocycles. The first kappa shape index (κ1) is 17.6. The van der Waals surface area contributed by atoms with Gasteiger partial charge in [-0.3, -0.25) is 14.3 Å². The van der Waals surface area contributed by atoms with Crippen molar-refractivity contribution in [3.8, 4) is 17.1 Å². The molecule has 0 amide bonds. The molecule has 0 atom stereocenters. The van der Waals surface area contributed by atoms with Gasteiger partial charge in [-0.2, -0.15) is 0 Å². The minimum atomic E-state index is -0.174. The van der Waals surface area contributed by atoms with Gasteiger partial charge in [0, 0.05) is 23.6 Å². The molecule has 0 spiro atoms. The molecule has 0 aliphatic rings. The topological polar surface area (TPSA) is 85.2 Å². The van der Waals surface area contributed by atoms with Gasteiger partial charge in [0.25, 0.3) is 5.56 Å². The van der Waals surface area contributed by atoms with Gasteiger partial charge >= 0.3 is 0 Å². The number of aromatic amines is 1. The smallest absolute Gasteiger partial charge is 0.258 e. The highest BCUT2D eigenvalue weighted by molar-refractivity contribution is 7.98. The van der Waals surface area contributed by atoms with Crippen LogP contribution in [0.1, 0.15) is 5.69 Å². The summed E-state index contributed by atoms with van der Waals surface area (Å²) in [6.45, 7) is 0. The molecule has 27 heavy (non-hydrogen) atoms. The molecule has 3 heterocycles. The van der Waals surface area contributed by atoms with Crippen LogP contribution >= 0.6 is 23.4 Å². The Morgan fingerprint density at radius 3 is 2.78 bits per heavy atom. The molecule has 0 saturated heterocycles. The molecule has 0 aliphatic carbocycles. The number of thioether (sulfide) groups is 1. The third kappa shape index (κ3) is 3.81. The van der Waals surface area contributed by atoms with Crippen molar-refractivity contribution in [1.82, 2.24) is 24.6 Å². The van der Waals surface area contributed by atoms with E-state index in [2.05, 4.69) is 20.2 Å². The van der Waals surface area contributed by atoms with E-state index in [-0.39, 0.29) is 5.56 Å². The van der Waals surface area contributed by atoms with E-state index < -0.39 is 0 Å². The van der Waals surface area contributed by atoms with E-state index in [0.29, 0.717) is 33.1 Å². The molecule has 9 heteroatoms. The minimum Gasteiger partial charge on any atom is -0.497 e. The number of ether oxygens (including phenoxy) is 1. The van der Waals surface area contributed by atoms with Gasteiger partial charge in [0.15, 0.2) is 5.82 Å². The lowest BCUT2D eigenvalue weighted by Gasteiger charge is -2.03. The lowest BCUT2D eigenvalue weighted by Crippen LogP contribution is -2.15. The fourth-order valence-corrected chi connectivity index (χ4v) is 3.38. The van der Waals surface area contributed by atoms with Crippen molar-refractivity contribution in [2.75, 3.05) is 7.11 Å². The molecule has 0 bridgehead atoms. The Morgan fingerprint density at radius 2 is 2.00 bits per heavy atom. The highest BCUT2D eigenvalue weighted by Crippen LogP contribution is 2.23. The van der Waals surface area contributed by atoms with Gasteiger partial charge in [-0.25, -0.2) is 9.97 Å². The van der Waals surface area contributed by atoms with Crippen molar-refractivity contribution in [3.05, 3.63) is 69.7 Å². The average molecular weight is 400 g/mol. The maximum Gasteiger partial charge on any atom is 0.258 e. The summed E-state index contributed by atoms with van der Waals surface area (Å²) in [5.74, 6) is 1.93. The summed E-state index contributed by atoms with van der Waals surface area (Å²) >= 11 is 7.33. The van der Waals surface area contributed by atoms with Crippen molar-refractivity contribution in [1.29, 1.82) is 0 Å². The number of hydrogen-bond acceptors (Lipinski definition) is 6. The zero-order valence-corrected chi connectivity index (χ0v) is 15.8. The number of halogens is 1. The van der Waals surface area contributed by atoms with Gasteiger partial charge in [0.05, 0.1) is 17.8 Å². The standard InChI is InChI=1S/C18H14ClN5O2S/c1-26-14-5-2-11(3-6-14)17-21-18(23-22-17)27-10-13-8-16(25)24-9-12(19)4-7-15(24)20-13/h2-9H,10H2,1H3,(H,21,22,23). The summed E-state index contributed by atoms with van der Waals surface area (Å²) in [6.07, 6.45) is 1.56. The Hall–Kier alpha value is -2.84. The monoisotopic (exact) mass is 399 g/mol. The Morgan fingerprint density at radius 1 is 1.19 bits per heavy atom. The first-order valence-electron chi connectivity index (χ1n) is 8.00. The van der Waals surface area contributed by atoms with Crippen molar-refractivity contribution in [3.63, 3.8) is 0 Å². The van der Waals surface area contributed by atoms with Crippen LogP contribution in [0.15, 0.2) is 58.6 Å². The molecule has 0 saturated carbocycles. The van der Waals surface area contributed by atoms with Crippen molar-refractivity contribution < 1.29 is 4.74 Å². The maximum atomic E-state index is 12.2. The SMILES string of the molecule is COc1ccc(-c2nc(SCc3cc(=O)n4cc(Cl)ccc4n3)n[nH]2)cc1. The van der Waals surface area contributed by atoms with Crippen LogP contribution < -0.4 is 10.3 Å². The fourth-order valence-electron chi connectivity index (χ4n) is 2.53. The predicted molar refractivity (Wildman–Crippen MR) is 104 cm³/mol. The zero-order valence-electron chi connectivity index (χ0n) is 14.2. The van der Waals surface area contributed by atoms with Gasteiger partial charge in [-0.05, 0) is 36.4 Å². The Bertz CT molecular complexity index is 1160. The molecule has 7 nitrogen and oxygen atoms in total. The van der Waals surface area contributed by atoms with E-state index in [1.54, 1.807) is 25.4 Å². The minimum absolute atomic E-state index is 0.174. The van der Waals surface area contributed by atoms with E-state index in [0.717, 1.165) is 11.3 Å². The average Bonchev–Trinajstić information content (AvgIpc) is 3.16. The van der Waals surface area contributed by atoms with Crippen LogP contribution in [0.2, 0.25) is 5.02 Å². The molecule has 0 unspecified atom stereocenters. The molecule has 136 valence electrons. The van der Waals surface area contributed by atoms with Crippen LogP contribution in [0.4, 0.5) is 0 Å². The van der Waals surface area contributed by atoms with Crippen LogP contribution in [0.25, 0.3) is 17.0 Å². The number of aromatic nitrogens is 5. The van der Waals surface area contributed by atoms with E-state index in [1.165, 1.54) is 22.2 Å². The van der Waals surface area contributed by atoms with Crippen LogP contribution in [0.5, 0.6) is 5.75 Å². The quantitative estimate of drug-likeness (QED) is 0.517. The van der Waals surface area contributed by atoms with Gasteiger partial charge in [0.1, 0.15) is 11.4 Å². The predicted octanol–water partition coefficient (Wildman–Crippen LogP) is 3.43. The van der Waals surface area contributed by atoms with Crippen molar-refractivity contribution in [2.24, 2.45) is 0 Å². The first-order chi connectivity index (χ1) is 13.1. The lowest BCUT2D eigenvalue weighted by atomic mass is 10.2. The van der Waals surface area contributed by atoms with Gasteiger partial charge in [0.2, 0.25) is 5.16 Å². The van der Waals surface area contributed by atoms with Crippen LogP contribution in [0, 0.1) is 0 Å². The molecule has 4 aromatic rings. The number of rotatable bonds is 5. The normalized spacial score (nSPS) is 11.0. The van der Waals surface area contributed by atoms with Crippen molar-refractivity contribution >= 4 is 29.0 Å². The van der Waals surface area contributed by atoms with Crippen LogP contribution in [-0.4, -0.2) is 31.7 Å². The van der Waals surface area contributed by atoms with Crippen LogP contribution in [0.3, 0.4) is 0 Å². The molecule has 1 N–H and O–H groups in total. The number of pyridine rings is 1. The number of H-pyrrole nitrogens is 1. The molecule has 0 aliphatic heterocycles. The van der Waals surface area contributed by atoms with Gasteiger partial charge in [-0.15, -0.1) is 5.10 Å². The molecular formula is C18H14ClN5O2S. The van der Waals surface area contributed by atoms with Gasteiger partial charge in [-0.1, -0.05) is 23.4 Å². The third-order valence-corrected chi connectivity index (χ3v) is 4.96. The molecule has 0 radical (unpaired) electrons. The molecular weight excluding hydrogens is 386 g/mol. The maximum absolute atomic E-state index is 12.2. The number of benzene rings is 1. The number of hydrogen-bond donors (Lipinski definition) is 1. The summed E-state index contributed by atoms with van der Waals surface area (Å²) in [4.78, 5) is 21.2. The molecule has 4 rings (SSSR count). The van der Waals surface area contributed by atoms with Crippen LogP contribution in [-0.2, 0) is 5.75 Å². The Kier molecular flexibility index (Phi) is 4.83. The Balaban J connectivity index is 1.50. The summed E-state index contributed by atoms with van der Waals surface area (Å²) in [5.41, 5.74) is 1.95. The van der Waals surface area contributed by atoms with Crippen molar-refractivity contribution in [2.45, 2.75) is 10.9 Å². The van der Waals surface area contributed by atoms with E-state index >= 15 is 0 Å². The number of methoxy groups -OCH3 is 1. The van der Waals surface area contributed by atoms with E-state index in [9.17, 15) is 4.79 Å². The van der Waals surface area contributed by atoms with E-state index in [1.807, 2.05) is 24.3 Å². The highest BCUT2D eigenvalue weighted by Gasteiger charge is 2.09. The first-order valence-corrected chi connectivity index (χ1v) is 9.36. The second-order valence-electron chi connectivity index (χ2n) is 5.65. The molecule has 1 aromatic carbocycles. The summed E-state index contributed by atoms with van der Waals surface area (Å²) in [7, 11) is 1.62. The summed E-state index contributed by atoms with van der Waals surface area (Å²) in [6, 6.07) is 12.5. The highest BCUT2D eigenvalue weighted by atomic mass is 35.5.